The maximum Gasteiger partial charge on any atom is 0.311 e. The fourth-order valence-corrected chi connectivity index (χ4v) is 1.01. The predicted octanol–water partition coefficient (Wildman–Crippen LogP) is 1.25. The standard InChI is InChI=1S/C10H9O4/c1-7(12)14-10-8(6-11)4-3-5-9(10)13-2/h3-6H,1H2,2H3. The van der Waals surface area contributed by atoms with Gasteiger partial charge in [-0.2, -0.15) is 0 Å². The van der Waals surface area contributed by atoms with E-state index in [0.717, 1.165) is 0 Å². The molecule has 4 nitrogen and oxygen atoms in total. The number of carbonyl (C=O) groups is 2. The molecule has 0 amide bonds. The Balaban J connectivity index is 3.18. The van der Waals surface area contributed by atoms with Crippen LogP contribution in [0.1, 0.15) is 10.4 Å². The molecule has 0 heterocycles. The Morgan fingerprint density at radius 2 is 2.21 bits per heavy atom. The summed E-state index contributed by atoms with van der Waals surface area (Å²) >= 11 is 0. The highest BCUT2D eigenvalue weighted by Crippen LogP contribution is 2.29. The monoisotopic (exact) mass is 193 g/mol. The third-order valence-electron chi connectivity index (χ3n) is 1.57. The molecule has 73 valence electrons. The molecule has 0 bridgehead atoms. The SMILES string of the molecule is [CH2]C(=O)Oc1c(C=O)cccc1OC. The largest absolute Gasteiger partial charge is 0.493 e. The Hall–Kier alpha value is -1.84. The summed E-state index contributed by atoms with van der Waals surface area (Å²) in [6, 6.07) is 4.74. The lowest BCUT2D eigenvalue weighted by molar-refractivity contribution is -0.129. The van der Waals surface area contributed by atoms with E-state index in [1.165, 1.54) is 13.2 Å². The molecule has 0 aliphatic heterocycles. The molecule has 0 unspecified atom stereocenters. The number of aldehydes is 1. The highest BCUT2D eigenvalue weighted by atomic mass is 16.6. The van der Waals surface area contributed by atoms with Crippen molar-refractivity contribution in [2.45, 2.75) is 0 Å². The van der Waals surface area contributed by atoms with Crippen molar-refractivity contribution in [1.82, 2.24) is 0 Å². The summed E-state index contributed by atoms with van der Waals surface area (Å²) in [4.78, 5) is 21.3. The second kappa shape index (κ2) is 4.41. The summed E-state index contributed by atoms with van der Waals surface area (Å²) in [5.41, 5.74) is 0.251. The molecular formula is C10H9O4. The first-order valence-corrected chi connectivity index (χ1v) is 3.85. The molecule has 1 aromatic rings. The molecule has 0 saturated carbocycles. The van der Waals surface area contributed by atoms with Gasteiger partial charge in [-0.3, -0.25) is 9.59 Å². The van der Waals surface area contributed by atoms with Crippen molar-refractivity contribution in [3.63, 3.8) is 0 Å². The van der Waals surface area contributed by atoms with Crippen LogP contribution >= 0.6 is 0 Å². The number of methoxy groups -OCH3 is 1. The van der Waals surface area contributed by atoms with Gasteiger partial charge in [0.25, 0.3) is 0 Å². The van der Waals surface area contributed by atoms with E-state index >= 15 is 0 Å². The third-order valence-corrected chi connectivity index (χ3v) is 1.57. The number of hydrogen-bond acceptors (Lipinski definition) is 4. The Labute approximate surface area is 81.4 Å². The predicted molar refractivity (Wildman–Crippen MR) is 49.4 cm³/mol. The number of hydrogen-bond donors (Lipinski definition) is 0. The minimum atomic E-state index is -0.738. The molecule has 0 N–H and O–H groups in total. The lowest BCUT2D eigenvalue weighted by atomic mass is 10.2. The zero-order chi connectivity index (χ0) is 10.6. The Kier molecular flexibility index (Phi) is 3.23. The zero-order valence-corrected chi connectivity index (χ0v) is 7.65. The van der Waals surface area contributed by atoms with E-state index < -0.39 is 5.97 Å². The lowest BCUT2D eigenvalue weighted by Crippen LogP contribution is -2.05. The normalized spacial score (nSPS) is 9.29. The van der Waals surface area contributed by atoms with E-state index in [9.17, 15) is 9.59 Å². The van der Waals surface area contributed by atoms with Crippen LogP contribution in [0.2, 0.25) is 0 Å². The van der Waals surface area contributed by atoms with Gasteiger partial charge in [0, 0.05) is 0 Å². The van der Waals surface area contributed by atoms with Crippen LogP contribution in [0.3, 0.4) is 0 Å². The second-order valence-corrected chi connectivity index (χ2v) is 2.47. The van der Waals surface area contributed by atoms with Gasteiger partial charge in [-0.25, -0.2) is 0 Å². The summed E-state index contributed by atoms with van der Waals surface area (Å²) in [6.45, 7) is 3.05. The van der Waals surface area contributed by atoms with Crippen LogP contribution in [0, 0.1) is 6.92 Å². The molecule has 0 fully saturated rings. The van der Waals surface area contributed by atoms with E-state index in [1.807, 2.05) is 0 Å². The molecular weight excluding hydrogens is 184 g/mol. The van der Waals surface area contributed by atoms with Crippen molar-refractivity contribution in [3.05, 3.63) is 30.7 Å². The number of ether oxygens (including phenoxy) is 2. The van der Waals surface area contributed by atoms with Gasteiger partial charge in [0.1, 0.15) is 0 Å². The Bertz CT molecular complexity index is 357. The molecule has 4 heteroatoms. The average Bonchev–Trinajstić information content (AvgIpc) is 2.17. The summed E-state index contributed by atoms with van der Waals surface area (Å²) < 4.78 is 9.68. The molecule has 0 spiro atoms. The van der Waals surface area contributed by atoms with Crippen LogP contribution in [0.5, 0.6) is 11.5 Å². The first-order chi connectivity index (χ1) is 6.69. The molecule has 1 rings (SSSR count). The maximum absolute atomic E-state index is 10.6. The minimum absolute atomic E-state index is 0.102. The summed E-state index contributed by atoms with van der Waals surface area (Å²) in [7, 11) is 1.42. The lowest BCUT2D eigenvalue weighted by Gasteiger charge is -2.08. The highest BCUT2D eigenvalue weighted by molar-refractivity contribution is 5.85. The van der Waals surface area contributed by atoms with Gasteiger partial charge in [0.15, 0.2) is 17.8 Å². The minimum Gasteiger partial charge on any atom is -0.493 e. The van der Waals surface area contributed by atoms with E-state index in [2.05, 4.69) is 6.92 Å². The first-order valence-electron chi connectivity index (χ1n) is 3.85. The van der Waals surface area contributed by atoms with Gasteiger partial charge in [-0.05, 0) is 12.1 Å². The van der Waals surface area contributed by atoms with Gasteiger partial charge in [0.2, 0.25) is 0 Å². The highest BCUT2D eigenvalue weighted by Gasteiger charge is 2.11. The van der Waals surface area contributed by atoms with E-state index in [1.54, 1.807) is 12.1 Å². The molecule has 0 aromatic heterocycles. The number of benzene rings is 1. The Morgan fingerprint density at radius 3 is 2.71 bits per heavy atom. The second-order valence-electron chi connectivity index (χ2n) is 2.47. The van der Waals surface area contributed by atoms with Gasteiger partial charge in [-0.15, -0.1) is 0 Å². The van der Waals surface area contributed by atoms with Gasteiger partial charge >= 0.3 is 5.97 Å². The fraction of sp³-hybridized carbons (Fsp3) is 0.100. The molecule has 1 aromatic carbocycles. The topological polar surface area (TPSA) is 52.6 Å². The number of rotatable bonds is 3. The first kappa shape index (κ1) is 10.2. The van der Waals surface area contributed by atoms with Gasteiger partial charge in [-0.1, -0.05) is 6.07 Å². The summed E-state index contributed by atoms with van der Waals surface area (Å²) in [5, 5.41) is 0. The van der Waals surface area contributed by atoms with Gasteiger partial charge < -0.3 is 9.47 Å². The van der Waals surface area contributed by atoms with Crippen molar-refractivity contribution >= 4 is 12.3 Å². The van der Waals surface area contributed by atoms with Crippen molar-refractivity contribution in [2.75, 3.05) is 7.11 Å². The summed E-state index contributed by atoms with van der Waals surface area (Å²) in [5.74, 6) is -0.311. The van der Waals surface area contributed by atoms with E-state index in [0.29, 0.717) is 12.0 Å². The van der Waals surface area contributed by atoms with Crippen LogP contribution in [0.4, 0.5) is 0 Å². The smallest absolute Gasteiger partial charge is 0.311 e. The number of para-hydroxylation sites is 1. The van der Waals surface area contributed by atoms with Crippen molar-refractivity contribution in [1.29, 1.82) is 0 Å². The molecule has 14 heavy (non-hydrogen) atoms. The van der Waals surface area contributed by atoms with Crippen molar-refractivity contribution < 1.29 is 19.1 Å². The molecule has 0 aliphatic carbocycles. The molecule has 0 saturated heterocycles. The average molecular weight is 193 g/mol. The maximum atomic E-state index is 10.6. The van der Waals surface area contributed by atoms with Crippen LogP contribution < -0.4 is 9.47 Å². The van der Waals surface area contributed by atoms with Crippen LogP contribution in [0.25, 0.3) is 0 Å². The van der Waals surface area contributed by atoms with Gasteiger partial charge in [0.05, 0.1) is 19.6 Å². The quantitative estimate of drug-likeness (QED) is 0.412. The van der Waals surface area contributed by atoms with Crippen molar-refractivity contribution in [3.8, 4) is 11.5 Å². The summed E-state index contributed by atoms with van der Waals surface area (Å²) in [6.07, 6.45) is 0.584. The van der Waals surface area contributed by atoms with E-state index in [4.69, 9.17) is 9.47 Å². The third kappa shape index (κ3) is 2.10. The molecule has 0 atom stereocenters. The fourth-order valence-electron chi connectivity index (χ4n) is 1.01. The zero-order valence-electron chi connectivity index (χ0n) is 7.65. The van der Waals surface area contributed by atoms with Crippen LogP contribution in [0.15, 0.2) is 18.2 Å². The van der Waals surface area contributed by atoms with Crippen LogP contribution in [-0.4, -0.2) is 19.4 Å². The number of esters is 1. The van der Waals surface area contributed by atoms with E-state index in [-0.39, 0.29) is 11.3 Å². The molecule has 0 aliphatic rings. The van der Waals surface area contributed by atoms with Crippen LogP contribution in [-0.2, 0) is 4.79 Å². The number of carbonyl (C=O) groups excluding carboxylic acids is 2. The molecule has 1 radical (unpaired) electrons. The van der Waals surface area contributed by atoms with Crippen molar-refractivity contribution in [2.24, 2.45) is 0 Å². The Morgan fingerprint density at radius 1 is 1.50 bits per heavy atom.